The van der Waals surface area contributed by atoms with Gasteiger partial charge in [0.25, 0.3) is 0 Å². The molecule has 1 unspecified atom stereocenters. The van der Waals surface area contributed by atoms with Gasteiger partial charge in [-0.15, -0.1) is 0 Å². The standard InChI is InChI=1S/C26H21NO5/c28-25(29)23(14-16-9-10-24-17(13-16)11-12-31-24)27-26(30)32-15-22-20-7-3-1-5-18(20)19-6-2-4-8-21(19)22/h1-13,22-23H,14-15H2,(H,27,30)(H,28,29). The predicted octanol–water partition coefficient (Wildman–Crippen LogP) is 4.97. The molecule has 0 saturated heterocycles. The summed E-state index contributed by atoms with van der Waals surface area (Å²) < 4.78 is 10.8. The molecule has 4 aromatic rings. The van der Waals surface area contributed by atoms with Crippen molar-refractivity contribution in [2.75, 3.05) is 6.61 Å². The highest BCUT2D eigenvalue weighted by atomic mass is 16.5. The molecule has 0 bridgehead atoms. The number of nitrogens with one attached hydrogen (secondary N) is 1. The van der Waals surface area contributed by atoms with Crippen LogP contribution in [0.5, 0.6) is 0 Å². The van der Waals surface area contributed by atoms with E-state index in [2.05, 4.69) is 17.4 Å². The van der Waals surface area contributed by atoms with Crippen molar-refractivity contribution in [3.63, 3.8) is 0 Å². The molecule has 1 aliphatic rings. The summed E-state index contributed by atoms with van der Waals surface area (Å²) in [7, 11) is 0. The maximum atomic E-state index is 12.5. The first-order valence-electron chi connectivity index (χ1n) is 10.4. The normalized spacial score (nSPS) is 13.4. The summed E-state index contributed by atoms with van der Waals surface area (Å²) in [5.41, 5.74) is 5.98. The molecular formula is C26H21NO5. The second-order valence-electron chi connectivity index (χ2n) is 7.86. The quantitative estimate of drug-likeness (QED) is 0.454. The lowest BCUT2D eigenvalue weighted by atomic mass is 9.98. The molecule has 0 fully saturated rings. The van der Waals surface area contributed by atoms with E-state index in [-0.39, 0.29) is 18.9 Å². The van der Waals surface area contributed by atoms with Crippen LogP contribution >= 0.6 is 0 Å². The zero-order valence-corrected chi connectivity index (χ0v) is 17.2. The minimum Gasteiger partial charge on any atom is -0.480 e. The molecule has 32 heavy (non-hydrogen) atoms. The average molecular weight is 427 g/mol. The van der Waals surface area contributed by atoms with Gasteiger partial charge in [-0.25, -0.2) is 9.59 Å². The van der Waals surface area contributed by atoms with Crippen LogP contribution in [0.1, 0.15) is 22.6 Å². The number of aliphatic carboxylic acids is 1. The van der Waals surface area contributed by atoms with E-state index < -0.39 is 18.1 Å². The average Bonchev–Trinajstić information content (AvgIpc) is 3.39. The number of rotatable bonds is 6. The first kappa shape index (κ1) is 19.9. The summed E-state index contributed by atoms with van der Waals surface area (Å²) in [5.74, 6) is -1.20. The van der Waals surface area contributed by atoms with Crippen molar-refractivity contribution in [2.24, 2.45) is 0 Å². The topological polar surface area (TPSA) is 88.8 Å². The monoisotopic (exact) mass is 427 g/mol. The van der Waals surface area contributed by atoms with Gasteiger partial charge in [-0.1, -0.05) is 54.6 Å². The van der Waals surface area contributed by atoms with Gasteiger partial charge < -0.3 is 19.6 Å². The third-order valence-corrected chi connectivity index (χ3v) is 5.89. The van der Waals surface area contributed by atoms with Crippen molar-refractivity contribution in [3.05, 3.63) is 95.7 Å². The number of carbonyl (C=O) groups is 2. The van der Waals surface area contributed by atoms with E-state index in [9.17, 15) is 14.7 Å². The van der Waals surface area contributed by atoms with Crippen LogP contribution in [0.25, 0.3) is 22.1 Å². The summed E-state index contributed by atoms with van der Waals surface area (Å²) in [6.45, 7) is 0.132. The van der Waals surface area contributed by atoms with Crippen LogP contribution in [0.2, 0.25) is 0 Å². The Labute approximate surface area is 184 Å². The minimum absolute atomic E-state index is 0.0834. The summed E-state index contributed by atoms with van der Waals surface area (Å²) in [5, 5.41) is 13.0. The molecule has 6 heteroatoms. The molecule has 1 atom stereocenters. The summed E-state index contributed by atoms with van der Waals surface area (Å²) in [6, 6.07) is 22.3. The van der Waals surface area contributed by atoms with Crippen LogP contribution in [0.15, 0.2) is 83.5 Å². The number of carboxylic acid groups (broad SMARTS) is 1. The van der Waals surface area contributed by atoms with Crippen LogP contribution < -0.4 is 5.32 Å². The summed E-state index contributed by atoms with van der Waals surface area (Å²) in [4.78, 5) is 24.2. The van der Waals surface area contributed by atoms with E-state index in [1.807, 2.05) is 48.5 Å². The molecule has 1 amide bonds. The van der Waals surface area contributed by atoms with Gasteiger partial charge in [-0.05, 0) is 46.0 Å². The highest BCUT2D eigenvalue weighted by Crippen LogP contribution is 2.44. The molecule has 2 N–H and O–H groups in total. The van der Waals surface area contributed by atoms with E-state index in [0.29, 0.717) is 0 Å². The second-order valence-corrected chi connectivity index (χ2v) is 7.86. The van der Waals surface area contributed by atoms with Crippen molar-refractivity contribution in [1.82, 2.24) is 5.32 Å². The van der Waals surface area contributed by atoms with Gasteiger partial charge in [0.05, 0.1) is 6.26 Å². The number of benzene rings is 3. The van der Waals surface area contributed by atoms with Gasteiger partial charge in [0.2, 0.25) is 0 Å². The number of ether oxygens (including phenoxy) is 1. The molecular weight excluding hydrogens is 406 g/mol. The lowest BCUT2D eigenvalue weighted by molar-refractivity contribution is -0.139. The molecule has 160 valence electrons. The lowest BCUT2D eigenvalue weighted by Crippen LogP contribution is -2.42. The van der Waals surface area contributed by atoms with Crippen LogP contribution in [0.4, 0.5) is 4.79 Å². The number of amides is 1. The Morgan fingerprint density at radius 3 is 2.34 bits per heavy atom. The summed E-state index contributed by atoms with van der Waals surface area (Å²) in [6.07, 6.45) is 0.974. The summed E-state index contributed by atoms with van der Waals surface area (Å²) >= 11 is 0. The number of hydrogen-bond acceptors (Lipinski definition) is 4. The zero-order chi connectivity index (χ0) is 22.1. The lowest BCUT2D eigenvalue weighted by Gasteiger charge is -2.17. The molecule has 1 aromatic heterocycles. The fourth-order valence-electron chi connectivity index (χ4n) is 4.36. The smallest absolute Gasteiger partial charge is 0.407 e. The molecule has 0 radical (unpaired) electrons. The molecule has 5 rings (SSSR count). The number of carboxylic acids is 1. The van der Waals surface area contributed by atoms with Gasteiger partial charge in [-0.3, -0.25) is 0 Å². The first-order valence-corrected chi connectivity index (χ1v) is 10.4. The van der Waals surface area contributed by atoms with E-state index in [1.165, 1.54) is 0 Å². The fraction of sp³-hybridized carbons (Fsp3) is 0.154. The minimum atomic E-state index is -1.12. The number of hydrogen-bond donors (Lipinski definition) is 2. The third-order valence-electron chi connectivity index (χ3n) is 5.89. The highest BCUT2D eigenvalue weighted by molar-refractivity contribution is 5.82. The molecule has 1 aliphatic carbocycles. The van der Waals surface area contributed by atoms with Crippen molar-refractivity contribution >= 4 is 23.0 Å². The maximum absolute atomic E-state index is 12.5. The van der Waals surface area contributed by atoms with Crippen LogP contribution in [-0.4, -0.2) is 29.8 Å². The van der Waals surface area contributed by atoms with Crippen molar-refractivity contribution in [1.29, 1.82) is 0 Å². The zero-order valence-electron chi connectivity index (χ0n) is 17.2. The van der Waals surface area contributed by atoms with Crippen molar-refractivity contribution in [3.8, 4) is 11.1 Å². The number of furan rings is 1. The molecule has 6 nitrogen and oxygen atoms in total. The van der Waals surface area contributed by atoms with Crippen molar-refractivity contribution < 1.29 is 23.8 Å². The van der Waals surface area contributed by atoms with Gasteiger partial charge in [-0.2, -0.15) is 0 Å². The van der Waals surface area contributed by atoms with Crippen LogP contribution in [-0.2, 0) is 16.0 Å². The molecule has 0 saturated carbocycles. The maximum Gasteiger partial charge on any atom is 0.407 e. The van der Waals surface area contributed by atoms with Gasteiger partial charge in [0.15, 0.2) is 0 Å². The Hall–Kier alpha value is -4.06. The molecule has 0 aliphatic heterocycles. The Kier molecular flexibility index (Phi) is 5.11. The number of fused-ring (bicyclic) bond motifs is 4. The van der Waals surface area contributed by atoms with Crippen LogP contribution in [0.3, 0.4) is 0 Å². The number of carbonyl (C=O) groups excluding carboxylic acids is 1. The SMILES string of the molecule is O=C(NC(Cc1ccc2occc2c1)C(=O)O)OCC1c2ccccc2-c2ccccc21. The first-order chi connectivity index (χ1) is 15.6. The third kappa shape index (κ3) is 3.71. The Morgan fingerprint density at radius 1 is 0.969 bits per heavy atom. The van der Waals surface area contributed by atoms with E-state index >= 15 is 0 Å². The van der Waals surface area contributed by atoms with E-state index in [1.54, 1.807) is 18.4 Å². The predicted molar refractivity (Wildman–Crippen MR) is 120 cm³/mol. The molecule has 3 aromatic carbocycles. The molecule has 0 spiro atoms. The highest BCUT2D eigenvalue weighted by Gasteiger charge is 2.29. The van der Waals surface area contributed by atoms with Crippen LogP contribution in [0, 0.1) is 0 Å². The fourth-order valence-corrected chi connectivity index (χ4v) is 4.36. The van der Waals surface area contributed by atoms with Crippen molar-refractivity contribution in [2.45, 2.75) is 18.4 Å². The van der Waals surface area contributed by atoms with Gasteiger partial charge >= 0.3 is 12.1 Å². The van der Waals surface area contributed by atoms with E-state index in [0.717, 1.165) is 38.8 Å². The van der Waals surface area contributed by atoms with Gasteiger partial charge in [0.1, 0.15) is 18.2 Å². The molecule has 1 heterocycles. The Bertz CT molecular complexity index is 1260. The Morgan fingerprint density at radius 2 is 1.66 bits per heavy atom. The van der Waals surface area contributed by atoms with Gasteiger partial charge in [0, 0.05) is 17.7 Å². The number of alkyl carbamates (subject to hydrolysis) is 1. The Balaban J connectivity index is 1.27. The van der Waals surface area contributed by atoms with E-state index in [4.69, 9.17) is 9.15 Å². The largest absolute Gasteiger partial charge is 0.480 e. The second kappa shape index (κ2) is 8.23.